The molecule has 0 amide bonds. The van der Waals surface area contributed by atoms with Crippen LogP contribution >= 0.6 is 22.6 Å². The Hall–Kier alpha value is 0.690. The summed E-state index contributed by atoms with van der Waals surface area (Å²) in [6.07, 6.45) is 2.20. The predicted octanol–water partition coefficient (Wildman–Crippen LogP) is 1.83. The van der Waals surface area contributed by atoms with Gasteiger partial charge in [-0.2, -0.15) is 0 Å². The van der Waals surface area contributed by atoms with Crippen LogP contribution in [0.15, 0.2) is 0 Å². The first-order valence-electron chi connectivity index (χ1n) is 2.98. The van der Waals surface area contributed by atoms with Gasteiger partial charge in [-0.25, -0.2) is 0 Å². The minimum Gasteiger partial charge on any atom is -0.396 e. The Balaban J connectivity index is 2.92. The summed E-state index contributed by atoms with van der Waals surface area (Å²) < 4.78 is 1.21. The predicted molar refractivity (Wildman–Crippen MR) is 44.4 cm³/mol. The third-order valence-electron chi connectivity index (χ3n) is 1.22. The van der Waals surface area contributed by atoms with Crippen LogP contribution < -0.4 is 0 Å². The van der Waals surface area contributed by atoms with Gasteiger partial charge in [0.1, 0.15) is 0 Å². The summed E-state index contributed by atoms with van der Waals surface area (Å²) in [6, 6.07) is 0. The van der Waals surface area contributed by atoms with Gasteiger partial charge >= 0.3 is 0 Å². The van der Waals surface area contributed by atoms with Crippen LogP contribution in [-0.4, -0.2) is 16.1 Å². The van der Waals surface area contributed by atoms with E-state index in [4.69, 9.17) is 5.11 Å². The highest BCUT2D eigenvalue weighted by molar-refractivity contribution is 14.1. The van der Waals surface area contributed by atoms with Gasteiger partial charge in [0.05, 0.1) is 0 Å². The molecule has 50 valence electrons. The molecule has 0 saturated carbocycles. The topological polar surface area (TPSA) is 20.2 Å². The molecule has 0 radical (unpaired) electrons. The van der Waals surface area contributed by atoms with Gasteiger partial charge in [-0.3, -0.25) is 0 Å². The van der Waals surface area contributed by atoms with Crippen molar-refractivity contribution in [3.05, 3.63) is 0 Å². The number of aliphatic hydroxyl groups excluding tert-OH is 1. The Morgan fingerprint density at radius 3 is 2.50 bits per heavy atom. The number of hydrogen-bond donors (Lipinski definition) is 1. The number of alkyl halides is 1. The van der Waals surface area contributed by atoms with Gasteiger partial charge in [-0.05, 0) is 23.2 Å². The smallest absolute Gasteiger partial charge is 0.0433 e. The van der Waals surface area contributed by atoms with E-state index in [1.54, 1.807) is 0 Å². The quantitative estimate of drug-likeness (QED) is 0.574. The van der Waals surface area contributed by atoms with E-state index in [2.05, 4.69) is 29.5 Å². The highest BCUT2D eigenvalue weighted by Gasteiger charge is 1.97. The lowest BCUT2D eigenvalue weighted by Gasteiger charge is -2.04. The van der Waals surface area contributed by atoms with Gasteiger partial charge in [0.25, 0.3) is 0 Å². The monoisotopic (exact) mass is 228 g/mol. The lowest BCUT2D eigenvalue weighted by Crippen LogP contribution is -1.97. The molecule has 0 heterocycles. The van der Waals surface area contributed by atoms with E-state index in [1.807, 2.05) is 0 Å². The van der Waals surface area contributed by atoms with Crippen molar-refractivity contribution in [1.29, 1.82) is 0 Å². The summed E-state index contributed by atoms with van der Waals surface area (Å²) in [7, 11) is 0. The molecule has 0 aromatic carbocycles. The maximum atomic E-state index is 8.46. The van der Waals surface area contributed by atoms with E-state index < -0.39 is 0 Å². The summed E-state index contributed by atoms with van der Waals surface area (Å²) in [4.78, 5) is 0. The average Bonchev–Trinajstić information content (AvgIpc) is 1.68. The lowest BCUT2D eigenvalue weighted by molar-refractivity contribution is 0.261. The first kappa shape index (κ1) is 8.69. The molecule has 0 aromatic rings. The molecule has 0 bridgehead atoms. The van der Waals surface area contributed by atoms with Crippen LogP contribution in [0.2, 0.25) is 0 Å². The third kappa shape index (κ3) is 4.84. The van der Waals surface area contributed by atoms with E-state index >= 15 is 0 Å². The van der Waals surface area contributed by atoms with Gasteiger partial charge < -0.3 is 5.11 Å². The van der Waals surface area contributed by atoms with Gasteiger partial charge in [-0.1, -0.05) is 29.5 Å². The highest BCUT2D eigenvalue weighted by atomic mass is 127. The molecule has 0 fully saturated rings. The maximum Gasteiger partial charge on any atom is 0.0433 e. The summed E-state index contributed by atoms with van der Waals surface area (Å²) in [5.74, 6) is 0.705. The van der Waals surface area contributed by atoms with Crippen LogP contribution in [0.25, 0.3) is 0 Å². The summed E-state index contributed by atoms with van der Waals surface area (Å²) >= 11 is 2.36. The fourth-order valence-corrected chi connectivity index (χ4v) is 1.61. The van der Waals surface area contributed by atoms with Crippen molar-refractivity contribution in [2.75, 3.05) is 11.0 Å². The second-order valence-corrected chi connectivity index (χ2v) is 3.17. The molecule has 2 heteroatoms. The number of aliphatic hydroxyl groups is 1. The Bertz CT molecular complexity index is 41.8. The van der Waals surface area contributed by atoms with Crippen LogP contribution in [0.1, 0.15) is 19.8 Å². The van der Waals surface area contributed by atoms with Crippen LogP contribution in [-0.2, 0) is 0 Å². The van der Waals surface area contributed by atoms with E-state index in [0.29, 0.717) is 12.5 Å². The van der Waals surface area contributed by atoms with Crippen LogP contribution in [0, 0.1) is 5.92 Å². The average molecular weight is 228 g/mol. The van der Waals surface area contributed by atoms with Crippen molar-refractivity contribution < 1.29 is 5.11 Å². The molecule has 8 heavy (non-hydrogen) atoms. The Morgan fingerprint density at radius 2 is 2.12 bits per heavy atom. The van der Waals surface area contributed by atoms with E-state index in [1.165, 1.54) is 10.8 Å². The molecular weight excluding hydrogens is 215 g/mol. The fourth-order valence-electron chi connectivity index (χ4n) is 0.551. The molecule has 1 atom stereocenters. The first-order chi connectivity index (χ1) is 3.81. The molecule has 0 spiro atoms. The van der Waals surface area contributed by atoms with Gasteiger partial charge in [0.2, 0.25) is 0 Å². The summed E-state index contributed by atoms with van der Waals surface area (Å²) in [5.41, 5.74) is 0. The van der Waals surface area contributed by atoms with Crippen molar-refractivity contribution in [1.82, 2.24) is 0 Å². The molecule has 1 nitrogen and oxygen atoms in total. The molecule has 0 aliphatic heterocycles. The second kappa shape index (κ2) is 5.82. The Labute approximate surface area is 64.6 Å². The molecule has 0 aliphatic carbocycles. The van der Waals surface area contributed by atoms with Crippen molar-refractivity contribution in [2.45, 2.75) is 19.8 Å². The second-order valence-electron chi connectivity index (χ2n) is 2.10. The lowest BCUT2D eigenvalue weighted by atomic mass is 10.1. The maximum absolute atomic E-state index is 8.46. The largest absolute Gasteiger partial charge is 0.396 e. The van der Waals surface area contributed by atoms with E-state index in [-0.39, 0.29) is 0 Å². The first-order valence-corrected chi connectivity index (χ1v) is 4.50. The van der Waals surface area contributed by atoms with Crippen LogP contribution in [0.4, 0.5) is 0 Å². The molecule has 0 saturated heterocycles. The number of hydrogen-bond acceptors (Lipinski definition) is 1. The summed E-state index contributed by atoms with van der Waals surface area (Å²) in [6.45, 7) is 2.52. The standard InChI is InChI=1S/C6H13IO/c1-6(2-4-7)3-5-8/h6,8H,2-5H2,1H3/t6-/m0/s1. The van der Waals surface area contributed by atoms with Crippen LogP contribution in [0.3, 0.4) is 0 Å². The highest BCUT2D eigenvalue weighted by Crippen LogP contribution is 2.07. The molecule has 0 rings (SSSR count). The molecule has 0 aliphatic rings. The minimum absolute atomic E-state index is 0.345. The zero-order valence-corrected chi connectivity index (χ0v) is 7.39. The zero-order valence-electron chi connectivity index (χ0n) is 5.23. The zero-order chi connectivity index (χ0) is 6.41. The van der Waals surface area contributed by atoms with Crippen molar-refractivity contribution in [3.8, 4) is 0 Å². The van der Waals surface area contributed by atoms with Crippen LogP contribution in [0.5, 0.6) is 0 Å². The van der Waals surface area contributed by atoms with Crippen molar-refractivity contribution in [2.24, 2.45) is 5.92 Å². The number of rotatable bonds is 4. The molecule has 0 aromatic heterocycles. The van der Waals surface area contributed by atoms with Gasteiger partial charge in [0.15, 0.2) is 0 Å². The molecular formula is C6H13IO. The fraction of sp³-hybridized carbons (Fsp3) is 1.00. The normalized spacial score (nSPS) is 13.9. The van der Waals surface area contributed by atoms with E-state index in [0.717, 1.165) is 6.42 Å². The van der Waals surface area contributed by atoms with Gasteiger partial charge in [0, 0.05) is 6.61 Å². The van der Waals surface area contributed by atoms with Crippen molar-refractivity contribution >= 4 is 22.6 Å². The number of halogens is 1. The molecule has 1 N–H and O–H groups in total. The third-order valence-corrected chi connectivity index (χ3v) is 1.85. The van der Waals surface area contributed by atoms with Gasteiger partial charge in [-0.15, -0.1) is 0 Å². The molecule has 0 unspecified atom stereocenters. The van der Waals surface area contributed by atoms with Crippen molar-refractivity contribution in [3.63, 3.8) is 0 Å². The Morgan fingerprint density at radius 1 is 1.50 bits per heavy atom. The Kier molecular flexibility index (Phi) is 6.32. The SMILES string of the molecule is C[C@H](CCO)CCI. The summed E-state index contributed by atoms with van der Waals surface area (Å²) in [5, 5.41) is 8.46. The minimum atomic E-state index is 0.345. The van der Waals surface area contributed by atoms with E-state index in [9.17, 15) is 0 Å².